The van der Waals surface area contributed by atoms with Crippen LogP contribution >= 0.6 is 11.8 Å². The Morgan fingerprint density at radius 3 is 2.24 bits per heavy atom. The standard InChI is InChI=1S/C15H25N3O2S/c1-14(2,3)20-13(19)17-6-4-15(12-16,5-7-17)18-8-10-21-11-9-18/h4-11H2,1-3H3. The van der Waals surface area contributed by atoms with Gasteiger partial charge in [-0.25, -0.2) is 4.79 Å². The van der Waals surface area contributed by atoms with Crippen molar-refractivity contribution in [3.05, 3.63) is 0 Å². The number of ether oxygens (including phenoxy) is 1. The van der Waals surface area contributed by atoms with E-state index in [1.165, 1.54) is 0 Å². The summed E-state index contributed by atoms with van der Waals surface area (Å²) in [6.45, 7) is 8.78. The minimum absolute atomic E-state index is 0.261. The molecule has 1 amide bonds. The van der Waals surface area contributed by atoms with E-state index in [1.807, 2.05) is 32.5 Å². The molecular formula is C15H25N3O2S. The van der Waals surface area contributed by atoms with Gasteiger partial charge in [0.25, 0.3) is 0 Å². The summed E-state index contributed by atoms with van der Waals surface area (Å²) in [4.78, 5) is 16.1. The number of nitriles is 1. The predicted octanol–water partition coefficient (Wildman–Crippen LogP) is 2.33. The van der Waals surface area contributed by atoms with Crippen LogP contribution < -0.4 is 0 Å². The molecule has 2 saturated heterocycles. The predicted molar refractivity (Wildman–Crippen MR) is 84.3 cm³/mol. The maximum Gasteiger partial charge on any atom is 0.410 e. The van der Waals surface area contributed by atoms with Gasteiger partial charge >= 0.3 is 6.09 Å². The molecule has 0 unspecified atom stereocenters. The molecule has 2 fully saturated rings. The molecule has 0 aliphatic carbocycles. The van der Waals surface area contributed by atoms with Gasteiger partial charge in [-0.1, -0.05) is 0 Å². The molecule has 5 nitrogen and oxygen atoms in total. The van der Waals surface area contributed by atoms with Crippen molar-refractivity contribution in [2.24, 2.45) is 0 Å². The molecule has 2 heterocycles. The lowest BCUT2D eigenvalue weighted by atomic mass is 9.87. The van der Waals surface area contributed by atoms with Crippen molar-refractivity contribution in [2.75, 3.05) is 37.7 Å². The Bertz CT molecular complexity index is 414. The largest absolute Gasteiger partial charge is 0.444 e. The van der Waals surface area contributed by atoms with Crippen LogP contribution in [0.5, 0.6) is 0 Å². The molecule has 0 N–H and O–H groups in total. The van der Waals surface area contributed by atoms with Gasteiger partial charge in [-0.15, -0.1) is 0 Å². The van der Waals surface area contributed by atoms with Gasteiger partial charge in [-0.2, -0.15) is 17.0 Å². The van der Waals surface area contributed by atoms with Crippen molar-refractivity contribution in [1.82, 2.24) is 9.80 Å². The fraction of sp³-hybridized carbons (Fsp3) is 0.867. The molecular weight excluding hydrogens is 286 g/mol. The van der Waals surface area contributed by atoms with Crippen molar-refractivity contribution in [1.29, 1.82) is 5.26 Å². The van der Waals surface area contributed by atoms with Crippen LogP contribution in [-0.2, 0) is 4.74 Å². The summed E-state index contributed by atoms with van der Waals surface area (Å²) in [7, 11) is 0. The van der Waals surface area contributed by atoms with Crippen molar-refractivity contribution >= 4 is 17.9 Å². The number of likely N-dealkylation sites (tertiary alicyclic amines) is 1. The molecule has 0 saturated carbocycles. The first kappa shape index (κ1) is 16.4. The van der Waals surface area contributed by atoms with Gasteiger partial charge in [-0.05, 0) is 33.6 Å². The number of nitrogens with zero attached hydrogens (tertiary/aromatic N) is 3. The van der Waals surface area contributed by atoms with Gasteiger partial charge in [0.2, 0.25) is 0 Å². The molecule has 6 heteroatoms. The third-order valence-corrected chi connectivity index (χ3v) is 5.01. The van der Waals surface area contributed by atoms with Crippen molar-refractivity contribution in [2.45, 2.75) is 44.8 Å². The van der Waals surface area contributed by atoms with E-state index in [2.05, 4.69) is 11.0 Å². The van der Waals surface area contributed by atoms with Gasteiger partial charge in [0, 0.05) is 37.7 Å². The second-order valence-corrected chi connectivity index (χ2v) is 7.93. The van der Waals surface area contributed by atoms with Crippen LogP contribution in [0.1, 0.15) is 33.6 Å². The third kappa shape index (κ3) is 4.04. The first-order valence-electron chi connectivity index (χ1n) is 7.58. The molecule has 0 aromatic rings. The smallest absolute Gasteiger partial charge is 0.410 e. The summed E-state index contributed by atoms with van der Waals surface area (Å²) in [6.07, 6.45) is 1.17. The molecule has 0 radical (unpaired) electrons. The second-order valence-electron chi connectivity index (χ2n) is 6.71. The number of amides is 1. The van der Waals surface area contributed by atoms with E-state index in [1.54, 1.807) is 4.90 Å². The first-order chi connectivity index (χ1) is 9.86. The van der Waals surface area contributed by atoms with E-state index in [0.717, 1.165) is 24.6 Å². The van der Waals surface area contributed by atoms with Crippen LogP contribution in [-0.4, -0.2) is 64.7 Å². The van der Waals surface area contributed by atoms with Crippen LogP contribution in [0.3, 0.4) is 0 Å². The lowest BCUT2D eigenvalue weighted by molar-refractivity contribution is 0.00726. The van der Waals surface area contributed by atoms with E-state index < -0.39 is 5.60 Å². The zero-order valence-electron chi connectivity index (χ0n) is 13.2. The summed E-state index contributed by atoms with van der Waals surface area (Å²) in [6, 6.07) is 2.53. The Morgan fingerprint density at radius 2 is 1.76 bits per heavy atom. The Hall–Kier alpha value is -0.930. The first-order valence-corrected chi connectivity index (χ1v) is 8.74. The molecule has 2 aliphatic rings. The molecule has 2 aliphatic heterocycles. The highest BCUT2D eigenvalue weighted by molar-refractivity contribution is 7.99. The van der Waals surface area contributed by atoms with Crippen molar-refractivity contribution < 1.29 is 9.53 Å². The number of piperidine rings is 1. The minimum Gasteiger partial charge on any atom is -0.444 e. The topological polar surface area (TPSA) is 56.6 Å². The summed E-state index contributed by atoms with van der Waals surface area (Å²) >= 11 is 1.95. The molecule has 0 aromatic carbocycles. The number of carbonyl (C=O) groups is 1. The number of carbonyl (C=O) groups excluding carboxylic acids is 1. The molecule has 0 bridgehead atoms. The van der Waals surface area contributed by atoms with Crippen molar-refractivity contribution in [3.63, 3.8) is 0 Å². The minimum atomic E-state index is -0.467. The quantitative estimate of drug-likeness (QED) is 0.744. The van der Waals surface area contributed by atoms with Gasteiger partial charge in [0.05, 0.1) is 6.07 Å². The summed E-state index contributed by atoms with van der Waals surface area (Å²) in [5, 5.41) is 9.67. The maximum absolute atomic E-state index is 12.1. The number of thioether (sulfide) groups is 1. The number of hydrogen-bond acceptors (Lipinski definition) is 5. The van der Waals surface area contributed by atoms with Crippen LogP contribution in [0.4, 0.5) is 4.79 Å². The van der Waals surface area contributed by atoms with E-state index in [0.29, 0.717) is 25.9 Å². The van der Waals surface area contributed by atoms with Gasteiger partial charge in [0.1, 0.15) is 11.1 Å². The zero-order chi connectivity index (χ0) is 15.5. The SMILES string of the molecule is CC(C)(C)OC(=O)N1CCC(C#N)(N2CCSCC2)CC1. The van der Waals surface area contributed by atoms with E-state index in [4.69, 9.17) is 4.74 Å². The Morgan fingerprint density at radius 1 is 1.19 bits per heavy atom. The lowest BCUT2D eigenvalue weighted by Crippen LogP contribution is -2.57. The summed E-state index contributed by atoms with van der Waals surface area (Å²) in [5.41, 5.74) is -0.857. The third-order valence-electron chi connectivity index (χ3n) is 4.07. The van der Waals surface area contributed by atoms with Crippen LogP contribution in [0.15, 0.2) is 0 Å². The van der Waals surface area contributed by atoms with Crippen LogP contribution in [0.25, 0.3) is 0 Å². The molecule has 118 valence electrons. The monoisotopic (exact) mass is 311 g/mol. The highest BCUT2D eigenvalue weighted by atomic mass is 32.2. The fourth-order valence-corrected chi connectivity index (χ4v) is 3.78. The molecule has 21 heavy (non-hydrogen) atoms. The molecule has 0 atom stereocenters. The van der Waals surface area contributed by atoms with Gasteiger partial charge in [-0.3, -0.25) is 4.90 Å². The van der Waals surface area contributed by atoms with Gasteiger partial charge in [0.15, 0.2) is 0 Å². The van der Waals surface area contributed by atoms with Crippen LogP contribution in [0.2, 0.25) is 0 Å². The average Bonchev–Trinajstić information content (AvgIpc) is 2.46. The summed E-state index contributed by atoms with van der Waals surface area (Å²) < 4.78 is 5.41. The maximum atomic E-state index is 12.1. The van der Waals surface area contributed by atoms with E-state index >= 15 is 0 Å². The fourth-order valence-electron chi connectivity index (χ4n) is 2.88. The lowest BCUT2D eigenvalue weighted by Gasteiger charge is -2.45. The summed E-state index contributed by atoms with van der Waals surface area (Å²) in [5.74, 6) is 2.19. The number of hydrogen-bond donors (Lipinski definition) is 0. The molecule has 2 rings (SSSR count). The second kappa shape index (κ2) is 6.45. The highest BCUT2D eigenvalue weighted by Crippen LogP contribution is 2.31. The number of rotatable bonds is 1. The Balaban J connectivity index is 1.94. The highest BCUT2D eigenvalue weighted by Gasteiger charge is 2.42. The average molecular weight is 311 g/mol. The normalized spacial score (nSPS) is 23.4. The molecule has 0 aromatic heterocycles. The Kier molecular flexibility index (Phi) is 5.05. The van der Waals surface area contributed by atoms with E-state index in [9.17, 15) is 10.1 Å². The molecule has 0 spiro atoms. The zero-order valence-corrected chi connectivity index (χ0v) is 14.0. The van der Waals surface area contributed by atoms with Gasteiger partial charge < -0.3 is 9.64 Å². The van der Waals surface area contributed by atoms with E-state index in [-0.39, 0.29) is 11.6 Å². The van der Waals surface area contributed by atoms with Crippen molar-refractivity contribution in [3.8, 4) is 6.07 Å². The Labute approximate surface area is 131 Å². The van der Waals surface area contributed by atoms with Crippen LogP contribution in [0, 0.1) is 11.3 Å².